The van der Waals surface area contributed by atoms with Gasteiger partial charge in [-0.25, -0.2) is 9.97 Å². The lowest BCUT2D eigenvalue weighted by Gasteiger charge is -2.34. The quantitative estimate of drug-likeness (QED) is 0.723. The number of rotatable bonds is 4. The number of oxazole rings is 1. The molecule has 0 radical (unpaired) electrons. The number of anilines is 1. The summed E-state index contributed by atoms with van der Waals surface area (Å²) < 4.78 is 5.83. The molecule has 4 rings (SSSR count). The average molecular weight is 346 g/mol. The molecule has 120 valence electrons. The third-order valence-electron chi connectivity index (χ3n) is 4.06. The van der Waals surface area contributed by atoms with Crippen LogP contribution >= 0.6 is 22.7 Å². The minimum Gasteiger partial charge on any atom is -0.440 e. The molecule has 1 fully saturated rings. The van der Waals surface area contributed by atoms with E-state index in [-0.39, 0.29) is 0 Å². The van der Waals surface area contributed by atoms with Gasteiger partial charge in [-0.1, -0.05) is 6.07 Å². The Hall–Kier alpha value is -1.70. The molecule has 1 aliphatic heterocycles. The van der Waals surface area contributed by atoms with Crippen molar-refractivity contribution in [2.24, 2.45) is 0 Å². The number of aryl methyl sites for hydroxylation is 1. The van der Waals surface area contributed by atoms with E-state index in [1.807, 2.05) is 36.0 Å². The van der Waals surface area contributed by atoms with E-state index in [0.717, 1.165) is 60.1 Å². The van der Waals surface area contributed by atoms with Gasteiger partial charge in [0, 0.05) is 44.3 Å². The Labute approximate surface area is 143 Å². The number of thiazole rings is 1. The Morgan fingerprint density at radius 2 is 2.04 bits per heavy atom. The first-order valence-corrected chi connectivity index (χ1v) is 9.42. The Bertz CT molecular complexity index is 743. The Kier molecular flexibility index (Phi) is 4.15. The fourth-order valence-electron chi connectivity index (χ4n) is 2.76. The smallest absolute Gasteiger partial charge is 0.236 e. The van der Waals surface area contributed by atoms with Crippen molar-refractivity contribution in [1.29, 1.82) is 0 Å². The highest BCUT2D eigenvalue weighted by molar-refractivity contribution is 7.13. The zero-order valence-electron chi connectivity index (χ0n) is 12.9. The van der Waals surface area contributed by atoms with Gasteiger partial charge in [0.1, 0.15) is 5.76 Å². The molecular formula is C16H18N4OS2. The standard InChI is InChI=1S/C16H18N4OS2/c1-12-13(18-15(21-12)14-3-2-9-22-14)11-19-5-7-20(8-6-19)16-17-4-10-23-16/h2-4,9-10H,5-8,11H2,1H3. The average Bonchev–Trinajstić information content (AvgIpc) is 3.30. The van der Waals surface area contributed by atoms with Gasteiger partial charge in [-0.3, -0.25) is 4.90 Å². The van der Waals surface area contributed by atoms with Gasteiger partial charge in [-0.15, -0.1) is 22.7 Å². The summed E-state index contributed by atoms with van der Waals surface area (Å²) in [6.07, 6.45) is 1.87. The molecule has 3 aromatic rings. The maximum absolute atomic E-state index is 5.83. The van der Waals surface area contributed by atoms with Crippen molar-refractivity contribution in [3.63, 3.8) is 0 Å². The lowest BCUT2D eigenvalue weighted by molar-refractivity contribution is 0.246. The summed E-state index contributed by atoms with van der Waals surface area (Å²) in [4.78, 5) is 15.0. The van der Waals surface area contributed by atoms with Crippen molar-refractivity contribution in [3.8, 4) is 10.8 Å². The SMILES string of the molecule is Cc1oc(-c2cccs2)nc1CN1CCN(c2nccs2)CC1. The van der Waals surface area contributed by atoms with E-state index in [1.54, 1.807) is 22.7 Å². The van der Waals surface area contributed by atoms with E-state index in [2.05, 4.69) is 14.8 Å². The molecule has 0 atom stereocenters. The van der Waals surface area contributed by atoms with Gasteiger partial charge in [-0.2, -0.15) is 0 Å². The van der Waals surface area contributed by atoms with Gasteiger partial charge in [0.2, 0.25) is 5.89 Å². The molecule has 1 aliphatic rings. The van der Waals surface area contributed by atoms with Crippen LogP contribution in [0.5, 0.6) is 0 Å². The zero-order chi connectivity index (χ0) is 15.6. The van der Waals surface area contributed by atoms with Gasteiger partial charge in [-0.05, 0) is 18.4 Å². The molecule has 0 N–H and O–H groups in total. The van der Waals surface area contributed by atoms with Crippen LogP contribution < -0.4 is 4.90 Å². The summed E-state index contributed by atoms with van der Waals surface area (Å²) in [5.41, 5.74) is 1.05. The van der Waals surface area contributed by atoms with Crippen molar-refractivity contribution < 1.29 is 4.42 Å². The first kappa shape index (κ1) is 14.9. The van der Waals surface area contributed by atoms with Crippen LogP contribution in [0, 0.1) is 6.92 Å². The molecule has 4 heterocycles. The zero-order valence-corrected chi connectivity index (χ0v) is 14.6. The second-order valence-electron chi connectivity index (χ2n) is 5.58. The lowest BCUT2D eigenvalue weighted by Crippen LogP contribution is -2.46. The molecule has 0 saturated carbocycles. The molecule has 7 heteroatoms. The fraction of sp³-hybridized carbons (Fsp3) is 0.375. The largest absolute Gasteiger partial charge is 0.440 e. The minimum absolute atomic E-state index is 0.744. The van der Waals surface area contributed by atoms with E-state index in [0.29, 0.717) is 0 Å². The van der Waals surface area contributed by atoms with Crippen LogP contribution in [0.25, 0.3) is 10.8 Å². The van der Waals surface area contributed by atoms with Gasteiger partial charge >= 0.3 is 0 Å². The first-order chi connectivity index (χ1) is 11.3. The van der Waals surface area contributed by atoms with Crippen molar-refractivity contribution in [3.05, 3.63) is 40.5 Å². The van der Waals surface area contributed by atoms with Crippen LogP contribution in [-0.2, 0) is 6.54 Å². The van der Waals surface area contributed by atoms with E-state index in [4.69, 9.17) is 9.40 Å². The van der Waals surface area contributed by atoms with Crippen LogP contribution in [0.4, 0.5) is 5.13 Å². The third-order valence-corrected chi connectivity index (χ3v) is 5.75. The lowest BCUT2D eigenvalue weighted by atomic mass is 10.3. The van der Waals surface area contributed by atoms with Crippen LogP contribution in [0.3, 0.4) is 0 Å². The molecule has 0 unspecified atom stereocenters. The number of aromatic nitrogens is 2. The molecule has 0 spiro atoms. The van der Waals surface area contributed by atoms with E-state index < -0.39 is 0 Å². The molecule has 3 aromatic heterocycles. The monoisotopic (exact) mass is 346 g/mol. The fourth-order valence-corrected chi connectivity index (χ4v) is 4.11. The minimum atomic E-state index is 0.744. The number of nitrogens with zero attached hydrogens (tertiary/aromatic N) is 4. The summed E-state index contributed by atoms with van der Waals surface area (Å²) >= 11 is 3.37. The van der Waals surface area contributed by atoms with Crippen molar-refractivity contribution in [1.82, 2.24) is 14.9 Å². The molecule has 0 aromatic carbocycles. The molecule has 23 heavy (non-hydrogen) atoms. The molecule has 0 amide bonds. The predicted molar refractivity (Wildman–Crippen MR) is 94.2 cm³/mol. The summed E-state index contributed by atoms with van der Waals surface area (Å²) in [7, 11) is 0. The highest BCUT2D eigenvalue weighted by atomic mass is 32.1. The van der Waals surface area contributed by atoms with Gasteiger partial charge < -0.3 is 9.32 Å². The molecule has 0 bridgehead atoms. The second kappa shape index (κ2) is 6.43. The number of hydrogen-bond donors (Lipinski definition) is 0. The maximum Gasteiger partial charge on any atom is 0.236 e. The third kappa shape index (κ3) is 3.17. The Morgan fingerprint density at radius 1 is 1.17 bits per heavy atom. The van der Waals surface area contributed by atoms with Crippen LogP contribution in [-0.4, -0.2) is 41.0 Å². The Morgan fingerprint density at radius 3 is 2.74 bits per heavy atom. The summed E-state index contributed by atoms with van der Waals surface area (Å²) in [5, 5.41) is 5.21. The molecule has 5 nitrogen and oxygen atoms in total. The highest BCUT2D eigenvalue weighted by Crippen LogP contribution is 2.27. The van der Waals surface area contributed by atoms with Crippen LogP contribution in [0.2, 0.25) is 0 Å². The highest BCUT2D eigenvalue weighted by Gasteiger charge is 2.21. The number of piperazine rings is 1. The summed E-state index contributed by atoms with van der Waals surface area (Å²) in [6, 6.07) is 4.07. The van der Waals surface area contributed by atoms with E-state index in [9.17, 15) is 0 Å². The Balaban J connectivity index is 1.40. The van der Waals surface area contributed by atoms with E-state index >= 15 is 0 Å². The molecule has 1 saturated heterocycles. The van der Waals surface area contributed by atoms with Crippen LogP contribution in [0.15, 0.2) is 33.5 Å². The molecule has 0 aliphatic carbocycles. The van der Waals surface area contributed by atoms with Gasteiger partial charge in [0.25, 0.3) is 0 Å². The topological polar surface area (TPSA) is 45.4 Å². The summed E-state index contributed by atoms with van der Waals surface area (Å²) in [6.45, 7) is 6.95. The predicted octanol–water partition coefficient (Wildman–Crippen LogP) is 3.49. The first-order valence-electron chi connectivity index (χ1n) is 7.66. The van der Waals surface area contributed by atoms with Crippen LogP contribution in [0.1, 0.15) is 11.5 Å². The second-order valence-corrected chi connectivity index (χ2v) is 7.40. The van der Waals surface area contributed by atoms with Gasteiger partial charge in [0.15, 0.2) is 5.13 Å². The summed E-state index contributed by atoms with van der Waals surface area (Å²) in [5.74, 6) is 1.67. The normalized spacial score (nSPS) is 16.1. The molecular weight excluding hydrogens is 328 g/mol. The number of thiophene rings is 1. The van der Waals surface area contributed by atoms with E-state index in [1.165, 1.54) is 0 Å². The maximum atomic E-state index is 5.83. The van der Waals surface area contributed by atoms with Crippen molar-refractivity contribution >= 4 is 27.8 Å². The van der Waals surface area contributed by atoms with Crippen molar-refractivity contribution in [2.45, 2.75) is 13.5 Å². The van der Waals surface area contributed by atoms with Crippen molar-refractivity contribution in [2.75, 3.05) is 31.1 Å². The number of hydrogen-bond acceptors (Lipinski definition) is 7. The van der Waals surface area contributed by atoms with Gasteiger partial charge in [0.05, 0.1) is 10.6 Å².